The van der Waals surface area contributed by atoms with Crippen molar-refractivity contribution in [2.24, 2.45) is 11.8 Å². The van der Waals surface area contributed by atoms with Crippen LogP contribution in [-0.2, 0) is 22.2 Å². The maximum Gasteiger partial charge on any atom is 0.302 e. The average Bonchev–Trinajstić information content (AvgIpc) is 3.31. The van der Waals surface area contributed by atoms with Gasteiger partial charge in [0.15, 0.2) is 16.4 Å². The molecule has 158 valence electrons. The number of piperazine rings is 1. The first-order chi connectivity index (χ1) is 14.2. The number of benzene rings is 1. The minimum atomic E-state index is -1.36. The molecule has 3 aliphatic rings. The summed E-state index contributed by atoms with van der Waals surface area (Å²) < 4.78 is 10.9. The van der Waals surface area contributed by atoms with Crippen molar-refractivity contribution in [3.05, 3.63) is 36.4 Å². The highest BCUT2D eigenvalue weighted by atomic mass is 32.1. The molecule has 9 heteroatoms. The first kappa shape index (κ1) is 20.9. The molecule has 0 bridgehead atoms. The molecular weight excluding hydrogens is 422 g/mol. The second-order valence-electron chi connectivity index (χ2n) is 8.11. The Morgan fingerprint density at radius 1 is 1.40 bits per heavy atom. The van der Waals surface area contributed by atoms with Crippen LogP contribution in [0.2, 0.25) is 0 Å². The van der Waals surface area contributed by atoms with Gasteiger partial charge in [0.25, 0.3) is 10.8 Å². The van der Waals surface area contributed by atoms with Crippen LogP contribution < -0.4 is 9.47 Å². The molecule has 0 spiro atoms. The molecule has 5 atom stereocenters. The van der Waals surface area contributed by atoms with Gasteiger partial charge in [0.1, 0.15) is 0 Å². The second kappa shape index (κ2) is 7.13. The molecule has 2 amide bonds. The van der Waals surface area contributed by atoms with Crippen molar-refractivity contribution in [2.45, 2.75) is 36.1 Å². The lowest BCUT2D eigenvalue weighted by Crippen LogP contribution is -2.72. The van der Waals surface area contributed by atoms with E-state index in [2.05, 4.69) is 25.3 Å². The fourth-order valence-corrected chi connectivity index (χ4v) is 5.51. The molecule has 7 nitrogen and oxygen atoms in total. The van der Waals surface area contributed by atoms with Gasteiger partial charge in [-0.05, 0) is 43.7 Å². The molecule has 30 heavy (non-hydrogen) atoms. The predicted molar refractivity (Wildman–Crippen MR) is 117 cm³/mol. The van der Waals surface area contributed by atoms with Crippen LogP contribution in [-0.4, -0.2) is 44.7 Å². The number of rotatable bonds is 4. The van der Waals surface area contributed by atoms with E-state index in [-0.39, 0.29) is 37.5 Å². The van der Waals surface area contributed by atoms with Crippen molar-refractivity contribution in [2.75, 3.05) is 13.3 Å². The second-order valence-corrected chi connectivity index (χ2v) is 9.83. The molecule has 0 aliphatic carbocycles. The number of hydrogen-bond acceptors (Lipinski definition) is 6. The Balaban J connectivity index is 1.86. The van der Waals surface area contributed by atoms with E-state index in [0.717, 1.165) is 5.56 Å². The Morgan fingerprint density at radius 2 is 2.10 bits per heavy atom. The normalized spacial score (nSPS) is 33.3. The molecule has 1 aromatic carbocycles. The summed E-state index contributed by atoms with van der Waals surface area (Å²) in [7, 11) is 0. The maximum atomic E-state index is 13.7. The Labute approximate surface area is 186 Å². The molecule has 0 N–H and O–H groups in total. The lowest BCUT2D eigenvalue weighted by molar-refractivity contribution is -0.164. The number of ether oxygens (including phenoxy) is 2. The number of carbonyl (C=O) groups is 2. The topological polar surface area (TPSA) is 82.9 Å². The van der Waals surface area contributed by atoms with Crippen molar-refractivity contribution in [1.29, 1.82) is 5.26 Å². The van der Waals surface area contributed by atoms with Gasteiger partial charge in [0, 0.05) is 25.3 Å². The lowest BCUT2D eigenvalue weighted by atomic mass is 9.84. The molecule has 2 fully saturated rings. The maximum absolute atomic E-state index is 13.7. The van der Waals surface area contributed by atoms with Crippen LogP contribution in [0, 0.1) is 23.2 Å². The number of amides is 2. The smallest absolute Gasteiger partial charge is 0.302 e. The molecule has 0 saturated carbocycles. The monoisotopic (exact) mass is 446 g/mol. The summed E-state index contributed by atoms with van der Waals surface area (Å²) in [5, 5.41) is 9.66. The van der Waals surface area contributed by atoms with Crippen LogP contribution in [0.25, 0.3) is 0 Å². The van der Waals surface area contributed by atoms with E-state index < -0.39 is 21.7 Å². The summed E-state index contributed by atoms with van der Waals surface area (Å²) >= 11 is 8.30. The van der Waals surface area contributed by atoms with Crippen molar-refractivity contribution >= 4 is 37.1 Å². The summed E-state index contributed by atoms with van der Waals surface area (Å²) in [6.07, 6.45) is 1.85. The number of thiol groups is 1. The summed E-state index contributed by atoms with van der Waals surface area (Å²) in [4.78, 5) is 27.6. The van der Waals surface area contributed by atoms with Gasteiger partial charge in [-0.15, -0.1) is 19.2 Å². The fraction of sp³-hybridized carbons (Fsp3) is 0.476. The zero-order valence-corrected chi connectivity index (χ0v) is 18.7. The Morgan fingerprint density at radius 3 is 2.77 bits per heavy atom. The van der Waals surface area contributed by atoms with Gasteiger partial charge in [-0.1, -0.05) is 12.1 Å². The zero-order valence-electron chi connectivity index (χ0n) is 16.8. The van der Waals surface area contributed by atoms with E-state index in [1.807, 2.05) is 19.1 Å². The molecular formula is C21H24N3O4S2+. The number of hydrogen-bond donors (Lipinski definition) is 1. The van der Waals surface area contributed by atoms with Gasteiger partial charge in [-0.3, -0.25) is 14.5 Å². The van der Waals surface area contributed by atoms with Crippen LogP contribution in [0.3, 0.4) is 0 Å². The molecule has 2 saturated heterocycles. The third-order valence-electron chi connectivity index (χ3n) is 6.26. The fourth-order valence-electron chi connectivity index (χ4n) is 4.65. The summed E-state index contributed by atoms with van der Waals surface area (Å²) in [6, 6.07) is 7.25. The predicted octanol–water partition coefficient (Wildman–Crippen LogP) is 1.85. The minimum Gasteiger partial charge on any atom is -0.454 e. The molecule has 4 unspecified atom stereocenters. The van der Waals surface area contributed by atoms with Crippen molar-refractivity contribution in [3.8, 4) is 17.6 Å². The number of nitrogens with zero attached hydrogens (tertiary/aromatic N) is 3. The molecule has 0 radical (unpaired) electrons. The van der Waals surface area contributed by atoms with Crippen LogP contribution in [0.4, 0.5) is 0 Å². The highest BCUT2D eigenvalue weighted by molar-refractivity contribution is 7.82. The Hall–Kier alpha value is -2.31. The van der Waals surface area contributed by atoms with E-state index in [9.17, 15) is 14.9 Å². The molecule has 3 aliphatic heterocycles. The third kappa shape index (κ3) is 2.81. The Bertz CT molecular complexity index is 975. The van der Waals surface area contributed by atoms with E-state index in [4.69, 9.17) is 22.1 Å². The van der Waals surface area contributed by atoms with Crippen molar-refractivity contribution in [1.82, 2.24) is 9.80 Å². The van der Waals surface area contributed by atoms with Crippen LogP contribution in [0.1, 0.15) is 31.9 Å². The van der Waals surface area contributed by atoms with Gasteiger partial charge in [0.2, 0.25) is 6.79 Å². The highest BCUT2D eigenvalue weighted by Gasteiger charge is 2.68. The van der Waals surface area contributed by atoms with Crippen molar-refractivity contribution in [3.63, 3.8) is 0 Å². The van der Waals surface area contributed by atoms with Gasteiger partial charge in [-0.25, -0.2) is 0 Å². The summed E-state index contributed by atoms with van der Waals surface area (Å²) in [5.74, 6) is -0.0526. The minimum absolute atomic E-state index is 0.134. The zero-order chi connectivity index (χ0) is 21.8. The van der Waals surface area contributed by atoms with Crippen LogP contribution in [0.15, 0.2) is 30.9 Å². The standard InChI is InChI=1S/C21H23N3O4S2/c1-4-7-23-19(26)21(30)9-14(12(2)10-22)17(24(21)18(25)20(23,3)29)13-5-6-15-16(8-13)28-11-27-15/h4-6,8,12,14,17,29-30H,1,7,9,11H2,2-3H3/p+1/t12-,14?,17?,20?,21?/m0/s1. The van der Waals surface area contributed by atoms with E-state index in [1.54, 1.807) is 24.0 Å². The molecule has 4 rings (SSSR count). The van der Waals surface area contributed by atoms with Crippen LogP contribution in [0.5, 0.6) is 11.5 Å². The van der Waals surface area contributed by atoms with E-state index >= 15 is 0 Å². The number of nitriles is 1. The quantitative estimate of drug-likeness (QED) is 0.434. The van der Waals surface area contributed by atoms with Crippen molar-refractivity contribution < 1.29 is 19.1 Å². The number of fused-ring (bicyclic) bond motifs is 2. The summed E-state index contributed by atoms with van der Waals surface area (Å²) in [5.41, 5.74) is 0.781. The third-order valence-corrected chi connectivity index (χ3v) is 7.33. The number of carbonyl (C=O) groups excluding carboxylic acids is 2. The Kier molecular flexibility index (Phi) is 4.98. The van der Waals surface area contributed by atoms with E-state index in [0.29, 0.717) is 11.5 Å². The van der Waals surface area contributed by atoms with Gasteiger partial charge < -0.3 is 14.4 Å². The van der Waals surface area contributed by atoms with Crippen LogP contribution >= 0.6 is 12.6 Å². The molecule has 0 aromatic heterocycles. The van der Waals surface area contributed by atoms with E-state index in [1.165, 1.54) is 4.90 Å². The first-order valence-electron chi connectivity index (χ1n) is 9.70. The first-order valence-corrected chi connectivity index (χ1v) is 10.6. The van der Waals surface area contributed by atoms with Gasteiger partial charge in [0.05, 0.1) is 12.1 Å². The molecule has 3 heterocycles. The molecule has 1 aromatic rings. The highest BCUT2D eigenvalue weighted by Crippen LogP contribution is 2.56. The summed E-state index contributed by atoms with van der Waals surface area (Å²) in [6.45, 7) is 7.50. The SMILES string of the molecule is C=CCN1C(=O)C2(S)CC([C@@H](C)C#N)C(c3ccc4c(c3)OCO4)N2C(=O)C1(C)[SH2+]. The lowest BCUT2D eigenvalue weighted by Gasteiger charge is -2.49. The average molecular weight is 447 g/mol. The largest absolute Gasteiger partial charge is 0.454 e. The van der Waals surface area contributed by atoms with Gasteiger partial charge in [-0.2, -0.15) is 5.26 Å². The van der Waals surface area contributed by atoms with Gasteiger partial charge >= 0.3 is 5.91 Å².